The van der Waals surface area contributed by atoms with Crippen molar-refractivity contribution in [3.05, 3.63) is 23.3 Å². The molecule has 1 aromatic carbocycles. The van der Waals surface area contributed by atoms with E-state index >= 15 is 0 Å². The van der Waals surface area contributed by atoms with Gasteiger partial charge < -0.3 is 19.9 Å². The molecule has 1 heterocycles. The molecule has 0 bridgehead atoms. The molecule has 0 spiro atoms. The SMILES string of the molecule is CCC(CO)CNCc1cc2c(cc1C)OCO2. The molecule has 0 saturated heterocycles. The second-order valence-electron chi connectivity index (χ2n) is 4.72. The van der Waals surface area contributed by atoms with Crippen molar-refractivity contribution in [2.75, 3.05) is 19.9 Å². The molecule has 0 saturated carbocycles. The molecule has 4 heteroatoms. The lowest BCUT2D eigenvalue weighted by molar-refractivity contribution is 0.174. The molecule has 2 N–H and O–H groups in total. The smallest absolute Gasteiger partial charge is 0.231 e. The van der Waals surface area contributed by atoms with E-state index in [-0.39, 0.29) is 6.61 Å². The van der Waals surface area contributed by atoms with Crippen LogP contribution < -0.4 is 14.8 Å². The van der Waals surface area contributed by atoms with Crippen LogP contribution in [0.15, 0.2) is 12.1 Å². The first-order valence-corrected chi connectivity index (χ1v) is 6.45. The van der Waals surface area contributed by atoms with Crippen LogP contribution in [-0.2, 0) is 6.54 Å². The molecule has 1 unspecified atom stereocenters. The first-order chi connectivity index (χ1) is 8.74. The van der Waals surface area contributed by atoms with E-state index in [1.54, 1.807) is 0 Å². The zero-order chi connectivity index (χ0) is 13.0. The highest BCUT2D eigenvalue weighted by atomic mass is 16.7. The highest BCUT2D eigenvalue weighted by molar-refractivity contribution is 5.48. The topological polar surface area (TPSA) is 50.7 Å². The van der Waals surface area contributed by atoms with E-state index < -0.39 is 0 Å². The van der Waals surface area contributed by atoms with Crippen molar-refractivity contribution < 1.29 is 14.6 Å². The monoisotopic (exact) mass is 251 g/mol. The zero-order valence-corrected chi connectivity index (χ0v) is 11.0. The minimum Gasteiger partial charge on any atom is -0.454 e. The summed E-state index contributed by atoms with van der Waals surface area (Å²) in [5, 5.41) is 12.5. The van der Waals surface area contributed by atoms with Crippen molar-refractivity contribution in [1.82, 2.24) is 5.32 Å². The molecule has 4 nitrogen and oxygen atoms in total. The van der Waals surface area contributed by atoms with Gasteiger partial charge in [-0.2, -0.15) is 0 Å². The third kappa shape index (κ3) is 2.94. The van der Waals surface area contributed by atoms with E-state index in [1.165, 1.54) is 11.1 Å². The lowest BCUT2D eigenvalue weighted by Crippen LogP contribution is -2.24. The fourth-order valence-corrected chi connectivity index (χ4v) is 2.03. The van der Waals surface area contributed by atoms with Gasteiger partial charge in [0.05, 0.1) is 0 Å². The minimum absolute atomic E-state index is 0.240. The molecule has 2 rings (SSSR count). The second kappa shape index (κ2) is 6.07. The highest BCUT2D eigenvalue weighted by Crippen LogP contribution is 2.34. The summed E-state index contributed by atoms with van der Waals surface area (Å²) in [6.45, 7) is 6.34. The van der Waals surface area contributed by atoms with E-state index in [1.807, 2.05) is 12.1 Å². The van der Waals surface area contributed by atoms with Crippen molar-refractivity contribution in [3.8, 4) is 11.5 Å². The van der Waals surface area contributed by atoms with Gasteiger partial charge in [-0.1, -0.05) is 6.92 Å². The first kappa shape index (κ1) is 13.2. The van der Waals surface area contributed by atoms with E-state index in [0.717, 1.165) is 31.0 Å². The van der Waals surface area contributed by atoms with Gasteiger partial charge in [0.2, 0.25) is 6.79 Å². The van der Waals surface area contributed by atoms with Crippen LogP contribution in [-0.4, -0.2) is 25.1 Å². The Morgan fingerprint density at radius 1 is 1.33 bits per heavy atom. The summed E-state index contributed by atoms with van der Waals surface area (Å²) in [5.74, 6) is 1.99. The average Bonchev–Trinajstić information content (AvgIpc) is 2.81. The number of aryl methyl sites for hydroxylation is 1. The van der Waals surface area contributed by atoms with Gasteiger partial charge in [-0.25, -0.2) is 0 Å². The summed E-state index contributed by atoms with van der Waals surface area (Å²) in [5.41, 5.74) is 2.41. The fraction of sp³-hybridized carbons (Fsp3) is 0.571. The summed E-state index contributed by atoms with van der Waals surface area (Å²) in [7, 11) is 0. The Kier molecular flexibility index (Phi) is 4.44. The van der Waals surface area contributed by atoms with Gasteiger partial charge in [0.15, 0.2) is 11.5 Å². The summed E-state index contributed by atoms with van der Waals surface area (Å²) in [6.07, 6.45) is 0.990. The molecule has 1 aromatic rings. The Balaban J connectivity index is 1.93. The van der Waals surface area contributed by atoms with Crippen LogP contribution >= 0.6 is 0 Å². The van der Waals surface area contributed by atoms with Crippen molar-refractivity contribution in [2.45, 2.75) is 26.8 Å². The van der Waals surface area contributed by atoms with Crippen molar-refractivity contribution >= 4 is 0 Å². The summed E-state index contributed by atoms with van der Waals surface area (Å²) < 4.78 is 10.7. The quantitative estimate of drug-likeness (QED) is 0.810. The molecule has 0 aliphatic carbocycles. The van der Waals surface area contributed by atoms with Crippen molar-refractivity contribution in [3.63, 3.8) is 0 Å². The Morgan fingerprint density at radius 3 is 2.72 bits per heavy atom. The predicted octanol–water partition coefficient (Wildman–Crippen LogP) is 1.83. The maximum atomic E-state index is 9.13. The zero-order valence-electron chi connectivity index (χ0n) is 11.0. The molecule has 100 valence electrons. The third-order valence-electron chi connectivity index (χ3n) is 3.42. The number of nitrogens with one attached hydrogen (secondary N) is 1. The standard InChI is InChI=1S/C14H21NO3/c1-3-11(8-16)6-15-7-12-5-14-13(4-10(12)2)17-9-18-14/h4-5,11,15-16H,3,6-9H2,1-2H3. The molecule has 1 atom stereocenters. The third-order valence-corrected chi connectivity index (χ3v) is 3.42. The van der Waals surface area contributed by atoms with Crippen LogP contribution in [0.2, 0.25) is 0 Å². The molecule has 1 aliphatic heterocycles. The Bertz CT molecular complexity index is 402. The minimum atomic E-state index is 0.240. The summed E-state index contributed by atoms with van der Waals surface area (Å²) in [6, 6.07) is 4.05. The number of hydrogen-bond acceptors (Lipinski definition) is 4. The number of aliphatic hydroxyl groups excluding tert-OH is 1. The van der Waals surface area contributed by atoms with Crippen LogP contribution in [0.5, 0.6) is 11.5 Å². The largest absolute Gasteiger partial charge is 0.454 e. The van der Waals surface area contributed by atoms with Crippen LogP contribution in [0.4, 0.5) is 0 Å². The first-order valence-electron chi connectivity index (χ1n) is 6.45. The van der Waals surface area contributed by atoms with Crippen molar-refractivity contribution in [2.24, 2.45) is 5.92 Å². The molecule has 1 aliphatic rings. The van der Waals surface area contributed by atoms with Crippen LogP contribution in [0.3, 0.4) is 0 Å². The molecule has 0 amide bonds. The Labute approximate surface area is 108 Å². The molecule has 18 heavy (non-hydrogen) atoms. The van der Waals surface area contributed by atoms with E-state index in [9.17, 15) is 0 Å². The summed E-state index contributed by atoms with van der Waals surface area (Å²) in [4.78, 5) is 0. The van der Waals surface area contributed by atoms with Gasteiger partial charge in [0.1, 0.15) is 0 Å². The maximum Gasteiger partial charge on any atom is 0.231 e. The number of fused-ring (bicyclic) bond motifs is 1. The number of hydrogen-bond donors (Lipinski definition) is 2. The summed E-state index contributed by atoms with van der Waals surface area (Å²) >= 11 is 0. The van der Waals surface area contributed by atoms with Crippen LogP contribution in [0.1, 0.15) is 24.5 Å². The molecular formula is C14H21NO3. The van der Waals surface area contributed by atoms with E-state index in [2.05, 4.69) is 19.2 Å². The number of ether oxygens (including phenoxy) is 2. The van der Waals surface area contributed by atoms with Gasteiger partial charge in [-0.15, -0.1) is 0 Å². The molecular weight excluding hydrogens is 230 g/mol. The molecule has 0 fully saturated rings. The van der Waals surface area contributed by atoms with Gasteiger partial charge in [-0.05, 0) is 42.5 Å². The van der Waals surface area contributed by atoms with Gasteiger partial charge in [-0.3, -0.25) is 0 Å². The predicted molar refractivity (Wildman–Crippen MR) is 69.9 cm³/mol. The lowest BCUT2D eigenvalue weighted by Gasteiger charge is -2.14. The normalized spacial score (nSPS) is 14.8. The lowest BCUT2D eigenvalue weighted by atomic mass is 10.1. The van der Waals surface area contributed by atoms with E-state index in [0.29, 0.717) is 12.7 Å². The molecule has 0 aromatic heterocycles. The molecule has 0 radical (unpaired) electrons. The number of rotatable bonds is 6. The number of benzene rings is 1. The van der Waals surface area contributed by atoms with Gasteiger partial charge in [0, 0.05) is 19.7 Å². The highest BCUT2D eigenvalue weighted by Gasteiger charge is 2.15. The Hall–Kier alpha value is -1.26. The second-order valence-corrected chi connectivity index (χ2v) is 4.72. The van der Waals surface area contributed by atoms with Crippen LogP contribution in [0, 0.1) is 12.8 Å². The average molecular weight is 251 g/mol. The fourth-order valence-electron chi connectivity index (χ4n) is 2.03. The van der Waals surface area contributed by atoms with Crippen molar-refractivity contribution in [1.29, 1.82) is 0 Å². The van der Waals surface area contributed by atoms with Crippen LogP contribution in [0.25, 0.3) is 0 Å². The maximum absolute atomic E-state index is 9.13. The van der Waals surface area contributed by atoms with Gasteiger partial charge >= 0.3 is 0 Å². The Morgan fingerprint density at radius 2 is 2.06 bits per heavy atom. The van der Waals surface area contributed by atoms with E-state index in [4.69, 9.17) is 14.6 Å². The van der Waals surface area contributed by atoms with Gasteiger partial charge in [0.25, 0.3) is 0 Å². The number of aliphatic hydroxyl groups is 1.